The third-order valence-electron chi connectivity index (χ3n) is 2.95. The molecule has 0 fully saturated rings. The molecule has 0 aromatic heterocycles. The quantitative estimate of drug-likeness (QED) is 0.598. The number of carboxylic acids is 1. The van der Waals surface area contributed by atoms with Gasteiger partial charge >= 0.3 is 5.97 Å². The van der Waals surface area contributed by atoms with E-state index in [1.807, 2.05) is 6.92 Å². The molecule has 0 saturated heterocycles. The molecular formula is C12H24N2O3. The number of carboxylic acid groups (broad SMARTS) is 1. The Kier molecular flexibility index (Phi) is 6.80. The molecule has 17 heavy (non-hydrogen) atoms. The second kappa shape index (κ2) is 7.27. The summed E-state index contributed by atoms with van der Waals surface area (Å²) in [5.74, 6) is -1.10. The maximum absolute atomic E-state index is 11.5. The molecule has 1 amide bonds. The van der Waals surface area contributed by atoms with E-state index < -0.39 is 11.5 Å². The number of hydrogen-bond acceptors (Lipinski definition) is 3. The first-order valence-corrected chi connectivity index (χ1v) is 6.13. The minimum atomic E-state index is -1.04. The molecule has 0 radical (unpaired) electrons. The zero-order valence-electron chi connectivity index (χ0n) is 11.2. The van der Waals surface area contributed by atoms with Gasteiger partial charge in [-0.3, -0.25) is 14.9 Å². The van der Waals surface area contributed by atoms with Crippen molar-refractivity contribution in [2.45, 2.75) is 58.5 Å². The zero-order chi connectivity index (χ0) is 13.5. The van der Waals surface area contributed by atoms with E-state index in [1.165, 1.54) is 0 Å². The van der Waals surface area contributed by atoms with Crippen LogP contribution in [0.15, 0.2) is 0 Å². The highest BCUT2D eigenvalue weighted by Gasteiger charge is 2.30. The lowest BCUT2D eigenvalue weighted by Crippen LogP contribution is -2.52. The van der Waals surface area contributed by atoms with Gasteiger partial charge in [0.1, 0.15) is 5.54 Å². The fourth-order valence-corrected chi connectivity index (χ4v) is 1.46. The summed E-state index contributed by atoms with van der Waals surface area (Å²) >= 11 is 0. The van der Waals surface area contributed by atoms with Gasteiger partial charge in [0.2, 0.25) is 5.91 Å². The summed E-state index contributed by atoms with van der Waals surface area (Å²) in [6, 6.07) is 0.131. The number of carbonyl (C=O) groups excluding carboxylic acids is 1. The first kappa shape index (κ1) is 15.9. The summed E-state index contributed by atoms with van der Waals surface area (Å²) in [7, 11) is 0. The summed E-state index contributed by atoms with van der Waals surface area (Å²) < 4.78 is 0. The van der Waals surface area contributed by atoms with Crippen molar-refractivity contribution in [2.75, 3.05) is 6.54 Å². The van der Waals surface area contributed by atoms with Crippen LogP contribution in [0.1, 0.15) is 47.0 Å². The van der Waals surface area contributed by atoms with Gasteiger partial charge in [0.25, 0.3) is 0 Å². The highest BCUT2D eigenvalue weighted by Crippen LogP contribution is 2.08. The SMILES string of the molecule is CCCC(C)NC(=O)CNC(C)(CC)C(=O)O. The molecule has 0 aliphatic rings. The van der Waals surface area contributed by atoms with Crippen molar-refractivity contribution in [3.8, 4) is 0 Å². The highest BCUT2D eigenvalue weighted by molar-refractivity contribution is 5.81. The van der Waals surface area contributed by atoms with E-state index >= 15 is 0 Å². The van der Waals surface area contributed by atoms with Crippen molar-refractivity contribution in [3.05, 3.63) is 0 Å². The van der Waals surface area contributed by atoms with Crippen LogP contribution in [0.5, 0.6) is 0 Å². The van der Waals surface area contributed by atoms with Gasteiger partial charge in [-0.15, -0.1) is 0 Å². The van der Waals surface area contributed by atoms with Gasteiger partial charge in [-0.05, 0) is 26.7 Å². The molecular weight excluding hydrogens is 220 g/mol. The number of carbonyl (C=O) groups is 2. The average molecular weight is 244 g/mol. The predicted octanol–water partition coefficient (Wildman–Crippen LogP) is 1.13. The molecule has 5 nitrogen and oxygen atoms in total. The molecule has 0 aromatic carbocycles. The van der Waals surface area contributed by atoms with Gasteiger partial charge < -0.3 is 10.4 Å². The maximum Gasteiger partial charge on any atom is 0.323 e. The van der Waals surface area contributed by atoms with Crippen molar-refractivity contribution in [1.82, 2.24) is 10.6 Å². The minimum Gasteiger partial charge on any atom is -0.480 e. The van der Waals surface area contributed by atoms with E-state index in [9.17, 15) is 9.59 Å². The fourth-order valence-electron chi connectivity index (χ4n) is 1.46. The Bertz CT molecular complexity index is 268. The van der Waals surface area contributed by atoms with Crippen molar-refractivity contribution in [3.63, 3.8) is 0 Å². The molecule has 2 atom stereocenters. The number of aliphatic carboxylic acids is 1. The van der Waals surface area contributed by atoms with Gasteiger partial charge in [-0.25, -0.2) is 0 Å². The normalized spacial score (nSPS) is 16.0. The molecule has 0 rings (SSSR count). The van der Waals surface area contributed by atoms with Crippen molar-refractivity contribution >= 4 is 11.9 Å². The van der Waals surface area contributed by atoms with Crippen LogP contribution in [-0.2, 0) is 9.59 Å². The van der Waals surface area contributed by atoms with Crippen LogP contribution in [-0.4, -0.2) is 35.1 Å². The smallest absolute Gasteiger partial charge is 0.323 e. The van der Waals surface area contributed by atoms with Gasteiger partial charge in [0.15, 0.2) is 0 Å². The lowest BCUT2D eigenvalue weighted by atomic mass is 9.99. The van der Waals surface area contributed by atoms with Crippen LogP contribution in [0, 0.1) is 0 Å². The molecule has 0 aliphatic heterocycles. The number of rotatable bonds is 8. The van der Waals surface area contributed by atoms with Crippen LogP contribution < -0.4 is 10.6 Å². The monoisotopic (exact) mass is 244 g/mol. The van der Waals surface area contributed by atoms with Crippen molar-refractivity contribution < 1.29 is 14.7 Å². The summed E-state index contributed by atoms with van der Waals surface area (Å²) in [5, 5.41) is 14.6. The molecule has 0 spiro atoms. The summed E-state index contributed by atoms with van der Waals surface area (Å²) in [4.78, 5) is 22.5. The molecule has 0 aliphatic carbocycles. The zero-order valence-corrected chi connectivity index (χ0v) is 11.2. The molecule has 0 saturated carbocycles. The van der Waals surface area contributed by atoms with Gasteiger partial charge in [0.05, 0.1) is 6.54 Å². The molecule has 0 aromatic rings. The van der Waals surface area contributed by atoms with Gasteiger partial charge in [-0.1, -0.05) is 20.3 Å². The fraction of sp³-hybridized carbons (Fsp3) is 0.833. The Morgan fingerprint density at radius 3 is 2.35 bits per heavy atom. The van der Waals surface area contributed by atoms with E-state index in [2.05, 4.69) is 17.6 Å². The minimum absolute atomic E-state index is 0.0324. The van der Waals surface area contributed by atoms with E-state index in [1.54, 1.807) is 13.8 Å². The van der Waals surface area contributed by atoms with Crippen molar-refractivity contribution in [1.29, 1.82) is 0 Å². The second-order valence-corrected chi connectivity index (χ2v) is 4.60. The molecule has 5 heteroatoms. The highest BCUT2D eigenvalue weighted by atomic mass is 16.4. The molecule has 100 valence electrons. The molecule has 0 bridgehead atoms. The lowest BCUT2D eigenvalue weighted by molar-refractivity contribution is -0.144. The van der Waals surface area contributed by atoms with E-state index in [4.69, 9.17) is 5.11 Å². The Balaban J connectivity index is 4.10. The van der Waals surface area contributed by atoms with Crippen LogP contribution in [0.4, 0.5) is 0 Å². The van der Waals surface area contributed by atoms with E-state index in [0.717, 1.165) is 12.8 Å². The number of hydrogen-bond donors (Lipinski definition) is 3. The van der Waals surface area contributed by atoms with Crippen LogP contribution >= 0.6 is 0 Å². The van der Waals surface area contributed by atoms with E-state index in [0.29, 0.717) is 6.42 Å². The molecule has 0 heterocycles. The van der Waals surface area contributed by atoms with Crippen LogP contribution in [0.2, 0.25) is 0 Å². The number of amides is 1. The topological polar surface area (TPSA) is 78.4 Å². The first-order valence-electron chi connectivity index (χ1n) is 6.13. The molecule has 3 N–H and O–H groups in total. The Labute approximate surface area is 103 Å². The van der Waals surface area contributed by atoms with Crippen LogP contribution in [0.3, 0.4) is 0 Å². The standard InChI is InChI=1S/C12H24N2O3/c1-5-7-9(3)14-10(15)8-13-12(4,6-2)11(16)17/h9,13H,5-8H2,1-4H3,(H,14,15)(H,16,17). The Hall–Kier alpha value is -1.10. The third-order valence-corrected chi connectivity index (χ3v) is 2.95. The Morgan fingerprint density at radius 2 is 1.94 bits per heavy atom. The summed E-state index contributed by atoms with van der Waals surface area (Å²) in [6.45, 7) is 7.39. The van der Waals surface area contributed by atoms with Crippen LogP contribution in [0.25, 0.3) is 0 Å². The lowest BCUT2D eigenvalue weighted by Gasteiger charge is -2.24. The predicted molar refractivity (Wildman–Crippen MR) is 66.8 cm³/mol. The maximum atomic E-state index is 11.5. The van der Waals surface area contributed by atoms with Gasteiger partial charge in [-0.2, -0.15) is 0 Å². The average Bonchev–Trinajstić information content (AvgIpc) is 2.25. The number of nitrogens with one attached hydrogen (secondary N) is 2. The van der Waals surface area contributed by atoms with E-state index in [-0.39, 0.29) is 18.5 Å². The molecule has 2 unspecified atom stereocenters. The van der Waals surface area contributed by atoms with Gasteiger partial charge in [0, 0.05) is 6.04 Å². The largest absolute Gasteiger partial charge is 0.480 e. The Morgan fingerprint density at radius 1 is 1.35 bits per heavy atom. The first-order chi connectivity index (χ1) is 7.85. The van der Waals surface area contributed by atoms with Crippen molar-refractivity contribution in [2.24, 2.45) is 0 Å². The third kappa shape index (κ3) is 5.68. The summed E-state index contributed by atoms with van der Waals surface area (Å²) in [5.41, 5.74) is -1.04. The second-order valence-electron chi connectivity index (χ2n) is 4.60. The summed E-state index contributed by atoms with van der Waals surface area (Å²) in [6.07, 6.45) is 2.37.